The highest BCUT2D eigenvalue weighted by atomic mass is 32.1. The number of likely N-dealkylation sites (N-methyl/N-ethyl adjacent to an activating group) is 1. The summed E-state index contributed by atoms with van der Waals surface area (Å²) < 4.78 is 1.80. The van der Waals surface area contributed by atoms with Crippen molar-refractivity contribution in [2.45, 2.75) is 40.0 Å². The zero-order valence-electron chi connectivity index (χ0n) is 12.9. The summed E-state index contributed by atoms with van der Waals surface area (Å²) in [5.74, 6) is 0. The molecule has 21 heavy (non-hydrogen) atoms. The molecule has 0 saturated heterocycles. The quantitative estimate of drug-likeness (QED) is 0.821. The number of aliphatic hydroxyl groups is 1. The van der Waals surface area contributed by atoms with E-state index >= 15 is 0 Å². The molecule has 116 valence electrons. The highest BCUT2D eigenvalue weighted by molar-refractivity contribution is 7.09. The normalized spacial score (nSPS) is 13.0. The van der Waals surface area contributed by atoms with Crippen LogP contribution in [0.5, 0.6) is 0 Å². The van der Waals surface area contributed by atoms with Crippen LogP contribution in [0.15, 0.2) is 17.5 Å². The Bertz CT molecular complexity index is 564. The van der Waals surface area contributed by atoms with Gasteiger partial charge in [-0.25, -0.2) is 0 Å². The third-order valence-electron chi connectivity index (χ3n) is 3.70. The van der Waals surface area contributed by atoms with Crippen molar-refractivity contribution in [1.29, 1.82) is 0 Å². The SMILES string of the molecule is CCN(Cc1cccs1)CC(O)Cn1nc(C)c(N)c1C. The van der Waals surface area contributed by atoms with Gasteiger partial charge >= 0.3 is 0 Å². The van der Waals surface area contributed by atoms with E-state index in [0.717, 1.165) is 24.5 Å². The maximum atomic E-state index is 10.3. The number of aromatic nitrogens is 2. The molecular weight excluding hydrogens is 284 g/mol. The van der Waals surface area contributed by atoms with Crippen LogP contribution in [0, 0.1) is 13.8 Å². The van der Waals surface area contributed by atoms with Crippen molar-refractivity contribution < 1.29 is 5.11 Å². The summed E-state index contributed by atoms with van der Waals surface area (Å²) in [4.78, 5) is 3.56. The Balaban J connectivity index is 1.93. The van der Waals surface area contributed by atoms with Crippen molar-refractivity contribution in [1.82, 2.24) is 14.7 Å². The minimum atomic E-state index is -0.456. The smallest absolute Gasteiger partial charge is 0.0862 e. The Kier molecular flexibility index (Phi) is 5.39. The summed E-state index contributed by atoms with van der Waals surface area (Å²) in [6, 6.07) is 4.18. The summed E-state index contributed by atoms with van der Waals surface area (Å²) in [5, 5.41) is 16.8. The second-order valence-electron chi connectivity index (χ2n) is 5.33. The van der Waals surface area contributed by atoms with Gasteiger partial charge in [-0.05, 0) is 31.8 Å². The Morgan fingerprint density at radius 2 is 2.24 bits per heavy atom. The van der Waals surface area contributed by atoms with Gasteiger partial charge in [0.05, 0.1) is 29.7 Å². The third kappa shape index (κ3) is 4.06. The van der Waals surface area contributed by atoms with Crippen molar-refractivity contribution in [2.24, 2.45) is 0 Å². The standard InChI is InChI=1S/C15H24N4OS/c1-4-18(10-14-6-5-7-21-14)8-13(20)9-19-12(3)15(16)11(2)17-19/h5-7,13,20H,4,8-10,16H2,1-3H3. The van der Waals surface area contributed by atoms with Crippen LogP contribution in [-0.2, 0) is 13.1 Å². The lowest BCUT2D eigenvalue weighted by Crippen LogP contribution is -2.34. The van der Waals surface area contributed by atoms with E-state index in [1.807, 2.05) is 13.8 Å². The zero-order chi connectivity index (χ0) is 15.4. The Labute approximate surface area is 130 Å². The molecule has 2 rings (SSSR count). The lowest BCUT2D eigenvalue weighted by Gasteiger charge is -2.23. The molecule has 2 aromatic heterocycles. The van der Waals surface area contributed by atoms with Crippen molar-refractivity contribution in [3.05, 3.63) is 33.8 Å². The first kappa shape index (κ1) is 16.0. The van der Waals surface area contributed by atoms with E-state index < -0.39 is 6.10 Å². The van der Waals surface area contributed by atoms with Gasteiger partial charge in [-0.2, -0.15) is 5.10 Å². The van der Waals surface area contributed by atoms with Crippen LogP contribution in [0.4, 0.5) is 5.69 Å². The second-order valence-corrected chi connectivity index (χ2v) is 6.36. The first-order valence-electron chi connectivity index (χ1n) is 7.23. The molecule has 0 radical (unpaired) electrons. The molecule has 0 amide bonds. The molecule has 2 aromatic rings. The van der Waals surface area contributed by atoms with E-state index in [0.29, 0.717) is 18.8 Å². The molecule has 3 N–H and O–H groups in total. The number of aliphatic hydroxyl groups excluding tert-OH is 1. The predicted molar refractivity (Wildman–Crippen MR) is 87.4 cm³/mol. The van der Waals surface area contributed by atoms with Crippen molar-refractivity contribution in [2.75, 3.05) is 18.8 Å². The average Bonchev–Trinajstić information content (AvgIpc) is 3.03. The van der Waals surface area contributed by atoms with Crippen molar-refractivity contribution in [3.8, 4) is 0 Å². The number of nitrogen functional groups attached to an aromatic ring is 1. The summed E-state index contributed by atoms with van der Waals surface area (Å²) in [6.07, 6.45) is -0.456. The van der Waals surface area contributed by atoms with E-state index in [1.165, 1.54) is 4.88 Å². The number of nitrogens with zero attached hydrogens (tertiary/aromatic N) is 3. The van der Waals surface area contributed by atoms with Gasteiger partial charge < -0.3 is 10.8 Å². The molecule has 0 saturated carbocycles. The monoisotopic (exact) mass is 308 g/mol. The van der Waals surface area contributed by atoms with Crippen molar-refractivity contribution >= 4 is 17.0 Å². The number of hydrogen-bond donors (Lipinski definition) is 2. The zero-order valence-corrected chi connectivity index (χ0v) is 13.7. The molecule has 1 atom stereocenters. The third-order valence-corrected chi connectivity index (χ3v) is 4.56. The second kappa shape index (κ2) is 7.06. The molecule has 2 heterocycles. The molecule has 0 aromatic carbocycles. The van der Waals surface area contributed by atoms with Crippen LogP contribution in [0.2, 0.25) is 0 Å². The van der Waals surface area contributed by atoms with Crippen LogP contribution in [0.1, 0.15) is 23.2 Å². The molecule has 0 aliphatic rings. The van der Waals surface area contributed by atoms with Gasteiger partial charge in [-0.15, -0.1) is 11.3 Å². The molecule has 0 aliphatic carbocycles. The number of thiophene rings is 1. The van der Waals surface area contributed by atoms with E-state index in [-0.39, 0.29) is 0 Å². The van der Waals surface area contributed by atoms with Gasteiger partial charge in [-0.1, -0.05) is 13.0 Å². The van der Waals surface area contributed by atoms with E-state index in [9.17, 15) is 5.11 Å². The molecule has 1 unspecified atom stereocenters. The summed E-state index contributed by atoms with van der Waals surface area (Å²) >= 11 is 1.75. The average molecular weight is 308 g/mol. The fourth-order valence-corrected chi connectivity index (χ4v) is 3.12. The lowest BCUT2D eigenvalue weighted by atomic mass is 10.3. The van der Waals surface area contributed by atoms with Crippen LogP contribution in [-0.4, -0.2) is 39.0 Å². The van der Waals surface area contributed by atoms with Crippen LogP contribution >= 0.6 is 11.3 Å². The highest BCUT2D eigenvalue weighted by Gasteiger charge is 2.15. The summed E-state index contributed by atoms with van der Waals surface area (Å²) in [7, 11) is 0. The van der Waals surface area contributed by atoms with E-state index in [4.69, 9.17) is 5.73 Å². The minimum absolute atomic E-state index is 0.456. The molecule has 0 bridgehead atoms. The van der Waals surface area contributed by atoms with Gasteiger partial charge in [0.15, 0.2) is 0 Å². The topological polar surface area (TPSA) is 67.3 Å². The Morgan fingerprint density at radius 3 is 2.76 bits per heavy atom. The molecular formula is C15H24N4OS. The summed E-state index contributed by atoms with van der Waals surface area (Å²) in [5.41, 5.74) is 8.39. The summed E-state index contributed by atoms with van der Waals surface area (Å²) in [6.45, 7) is 8.84. The van der Waals surface area contributed by atoms with Gasteiger partial charge in [0.1, 0.15) is 0 Å². The van der Waals surface area contributed by atoms with Gasteiger partial charge in [0.2, 0.25) is 0 Å². The maximum Gasteiger partial charge on any atom is 0.0862 e. The number of nitrogens with two attached hydrogens (primary N) is 1. The fourth-order valence-electron chi connectivity index (χ4n) is 2.37. The van der Waals surface area contributed by atoms with Gasteiger partial charge in [0, 0.05) is 18.0 Å². The van der Waals surface area contributed by atoms with Crippen LogP contribution in [0.25, 0.3) is 0 Å². The van der Waals surface area contributed by atoms with E-state index in [1.54, 1.807) is 16.0 Å². The fraction of sp³-hybridized carbons (Fsp3) is 0.533. The van der Waals surface area contributed by atoms with Crippen molar-refractivity contribution in [3.63, 3.8) is 0 Å². The molecule has 0 spiro atoms. The van der Waals surface area contributed by atoms with Crippen LogP contribution < -0.4 is 5.73 Å². The first-order valence-corrected chi connectivity index (χ1v) is 8.11. The molecule has 6 heteroatoms. The van der Waals surface area contributed by atoms with E-state index in [2.05, 4.69) is 34.4 Å². The number of anilines is 1. The Morgan fingerprint density at radius 1 is 1.48 bits per heavy atom. The molecule has 0 aliphatic heterocycles. The Hall–Kier alpha value is -1.37. The highest BCUT2D eigenvalue weighted by Crippen LogP contribution is 2.16. The number of rotatable bonds is 7. The molecule has 5 nitrogen and oxygen atoms in total. The molecule has 0 fully saturated rings. The van der Waals surface area contributed by atoms with Gasteiger partial charge in [0.25, 0.3) is 0 Å². The number of hydrogen-bond acceptors (Lipinski definition) is 5. The van der Waals surface area contributed by atoms with Crippen LogP contribution in [0.3, 0.4) is 0 Å². The number of aryl methyl sites for hydroxylation is 1. The minimum Gasteiger partial charge on any atom is -0.396 e. The largest absolute Gasteiger partial charge is 0.396 e. The maximum absolute atomic E-state index is 10.3. The first-order chi connectivity index (χ1) is 10.0. The lowest BCUT2D eigenvalue weighted by molar-refractivity contribution is 0.0939. The predicted octanol–water partition coefficient (Wildman–Crippen LogP) is 2.03. The van der Waals surface area contributed by atoms with Gasteiger partial charge in [-0.3, -0.25) is 9.58 Å².